The van der Waals surface area contributed by atoms with Gasteiger partial charge in [-0.1, -0.05) is 26.0 Å². The summed E-state index contributed by atoms with van der Waals surface area (Å²) in [6.07, 6.45) is 0. The Morgan fingerprint density at radius 3 is 2.74 bits per heavy atom. The van der Waals surface area contributed by atoms with E-state index in [1.807, 2.05) is 39.0 Å². The summed E-state index contributed by atoms with van der Waals surface area (Å²) in [5.74, 6) is 0.387. The van der Waals surface area contributed by atoms with Crippen LogP contribution < -0.4 is 10.1 Å². The van der Waals surface area contributed by atoms with Gasteiger partial charge in [-0.2, -0.15) is 5.26 Å². The zero-order valence-electron chi connectivity index (χ0n) is 11.9. The molecule has 0 fully saturated rings. The van der Waals surface area contributed by atoms with Gasteiger partial charge >= 0.3 is 0 Å². The van der Waals surface area contributed by atoms with Gasteiger partial charge in [0.2, 0.25) is 0 Å². The maximum atomic E-state index is 11.8. The van der Waals surface area contributed by atoms with Crippen LogP contribution in [0.2, 0.25) is 0 Å². The van der Waals surface area contributed by atoms with Crippen molar-refractivity contribution >= 4 is 5.91 Å². The Labute approximate surface area is 114 Å². The van der Waals surface area contributed by atoms with Gasteiger partial charge in [-0.25, -0.2) is 0 Å². The zero-order valence-corrected chi connectivity index (χ0v) is 11.9. The monoisotopic (exact) mass is 260 g/mol. The van der Waals surface area contributed by atoms with Gasteiger partial charge in [0.25, 0.3) is 5.91 Å². The van der Waals surface area contributed by atoms with Crippen LogP contribution in [-0.4, -0.2) is 18.1 Å². The number of hydrogen-bond donors (Lipinski definition) is 1. The van der Waals surface area contributed by atoms with Crippen LogP contribution in [0.25, 0.3) is 0 Å². The Morgan fingerprint density at radius 1 is 1.53 bits per heavy atom. The van der Waals surface area contributed by atoms with Crippen LogP contribution in [0.3, 0.4) is 0 Å². The van der Waals surface area contributed by atoms with Crippen LogP contribution in [0.5, 0.6) is 5.75 Å². The minimum atomic E-state index is -0.868. The molecule has 4 nitrogen and oxygen atoms in total. The number of aryl methyl sites for hydroxylation is 1. The summed E-state index contributed by atoms with van der Waals surface area (Å²) in [7, 11) is 0. The molecule has 1 aromatic carbocycles. The minimum Gasteiger partial charge on any atom is -0.484 e. The largest absolute Gasteiger partial charge is 0.484 e. The highest BCUT2D eigenvalue weighted by Crippen LogP contribution is 2.15. The van der Waals surface area contributed by atoms with Crippen molar-refractivity contribution < 1.29 is 9.53 Å². The molecule has 102 valence electrons. The Morgan fingerprint density at radius 2 is 2.21 bits per heavy atom. The van der Waals surface area contributed by atoms with Crippen LogP contribution in [0, 0.1) is 24.2 Å². The smallest absolute Gasteiger partial charge is 0.259 e. The summed E-state index contributed by atoms with van der Waals surface area (Å²) in [6, 6.07) is 9.61. The molecule has 0 aliphatic carbocycles. The van der Waals surface area contributed by atoms with Crippen molar-refractivity contribution in [3.63, 3.8) is 0 Å². The molecule has 4 heteroatoms. The van der Waals surface area contributed by atoms with E-state index in [2.05, 4.69) is 11.4 Å². The topological polar surface area (TPSA) is 62.1 Å². The number of ether oxygens (including phenoxy) is 1. The fraction of sp³-hybridized carbons (Fsp3) is 0.467. The molecule has 1 aromatic rings. The van der Waals surface area contributed by atoms with Crippen LogP contribution in [0.4, 0.5) is 0 Å². The van der Waals surface area contributed by atoms with Gasteiger partial charge < -0.3 is 10.1 Å². The third-order valence-electron chi connectivity index (χ3n) is 3.15. The van der Waals surface area contributed by atoms with E-state index in [4.69, 9.17) is 10.00 Å². The summed E-state index contributed by atoms with van der Waals surface area (Å²) in [6.45, 7) is 7.37. The van der Waals surface area contributed by atoms with Crippen LogP contribution in [-0.2, 0) is 4.79 Å². The van der Waals surface area contributed by atoms with E-state index in [1.165, 1.54) is 0 Å². The van der Waals surface area contributed by atoms with E-state index in [1.54, 1.807) is 13.0 Å². The minimum absolute atomic E-state index is 0.0282. The lowest BCUT2D eigenvalue weighted by Gasteiger charge is -2.27. The number of nitriles is 1. The number of rotatable bonds is 5. The summed E-state index contributed by atoms with van der Waals surface area (Å²) in [4.78, 5) is 11.8. The predicted molar refractivity (Wildman–Crippen MR) is 73.7 cm³/mol. The van der Waals surface area contributed by atoms with Crippen molar-refractivity contribution in [3.8, 4) is 11.8 Å². The van der Waals surface area contributed by atoms with E-state index >= 15 is 0 Å². The lowest BCUT2D eigenvalue weighted by Crippen LogP contribution is -2.50. The molecule has 1 N–H and O–H groups in total. The van der Waals surface area contributed by atoms with Gasteiger partial charge in [0.1, 0.15) is 11.3 Å². The molecule has 0 aliphatic heterocycles. The summed E-state index contributed by atoms with van der Waals surface area (Å²) < 4.78 is 5.40. The first kappa shape index (κ1) is 15.0. The summed E-state index contributed by atoms with van der Waals surface area (Å²) in [5.41, 5.74) is 0.203. The zero-order chi connectivity index (χ0) is 14.5. The van der Waals surface area contributed by atoms with Gasteiger partial charge in [0.05, 0.1) is 6.07 Å². The highest BCUT2D eigenvalue weighted by molar-refractivity contribution is 5.78. The molecular formula is C15H20N2O2. The molecule has 1 amide bonds. The third kappa shape index (κ3) is 4.29. The molecule has 1 rings (SSSR count). The molecule has 0 saturated carbocycles. The van der Waals surface area contributed by atoms with E-state index in [-0.39, 0.29) is 18.4 Å². The van der Waals surface area contributed by atoms with E-state index in [0.29, 0.717) is 5.75 Å². The molecule has 0 radical (unpaired) electrons. The molecule has 0 aromatic heterocycles. The normalized spacial score (nSPS) is 13.5. The first-order chi connectivity index (χ1) is 8.87. The third-order valence-corrected chi connectivity index (χ3v) is 3.15. The van der Waals surface area contributed by atoms with Crippen LogP contribution in [0.1, 0.15) is 26.3 Å². The summed E-state index contributed by atoms with van der Waals surface area (Å²) in [5, 5.41) is 11.8. The van der Waals surface area contributed by atoms with Crippen LogP contribution in [0.15, 0.2) is 24.3 Å². The number of carbonyl (C=O) groups is 1. The van der Waals surface area contributed by atoms with Gasteiger partial charge in [-0.15, -0.1) is 0 Å². The van der Waals surface area contributed by atoms with Gasteiger partial charge in [0, 0.05) is 0 Å². The fourth-order valence-corrected chi connectivity index (χ4v) is 1.48. The number of nitrogens with one attached hydrogen (secondary N) is 1. The number of amides is 1. The maximum Gasteiger partial charge on any atom is 0.259 e. The van der Waals surface area contributed by atoms with Crippen molar-refractivity contribution in [3.05, 3.63) is 29.8 Å². The van der Waals surface area contributed by atoms with Gasteiger partial charge in [-0.05, 0) is 37.5 Å². The average molecular weight is 260 g/mol. The number of nitrogens with zero attached hydrogens (tertiary/aromatic N) is 1. The van der Waals surface area contributed by atoms with Gasteiger partial charge in [-0.3, -0.25) is 4.79 Å². The lowest BCUT2D eigenvalue weighted by molar-refractivity contribution is -0.124. The SMILES string of the molecule is Cc1cccc(OCC(=O)N[C@](C)(C#N)C(C)C)c1. The second kappa shape index (κ2) is 6.24. The molecule has 0 spiro atoms. The Balaban J connectivity index is 2.55. The maximum absolute atomic E-state index is 11.8. The lowest BCUT2D eigenvalue weighted by atomic mass is 9.90. The standard InChI is InChI=1S/C15H20N2O2/c1-11(2)15(4,10-16)17-14(18)9-19-13-7-5-6-12(3)8-13/h5-8,11H,9H2,1-4H3,(H,17,18)/t15-/m1/s1. The van der Waals surface area contributed by atoms with Crippen molar-refractivity contribution in [1.82, 2.24) is 5.32 Å². The Hall–Kier alpha value is -2.02. The molecule has 19 heavy (non-hydrogen) atoms. The van der Waals surface area contributed by atoms with Gasteiger partial charge in [0.15, 0.2) is 6.61 Å². The molecule has 0 aliphatic rings. The predicted octanol–water partition coefficient (Wildman–Crippen LogP) is 2.43. The molecule has 0 saturated heterocycles. The number of carbonyl (C=O) groups excluding carboxylic acids is 1. The average Bonchev–Trinajstić information content (AvgIpc) is 2.36. The van der Waals surface area contributed by atoms with E-state index in [9.17, 15) is 4.79 Å². The summed E-state index contributed by atoms with van der Waals surface area (Å²) >= 11 is 0. The molecular weight excluding hydrogens is 240 g/mol. The second-order valence-corrected chi connectivity index (χ2v) is 5.12. The van der Waals surface area contributed by atoms with Crippen molar-refractivity contribution in [1.29, 1.82) is 5.26 Å². The molecule has 0 heterocycles. The first-order valence-electron chi connectivity index (χ1n) is 6.29. The molecule has 0 bridgehead atoms. The highest BCUT2D eigenvalue weighted by Gasteiger charge is 2.29. The Kier molecular flexibility index (Phi) is 4.94. The van der Waals surface area contributed by atoms with E-state index in [0.717, 1.165) is 5.56 Å². The molecule has 1 atom stereocenters. The fourth-order valence-electron chi connectivity index (χ4n) is 1.48. The highest BCUT2D eigenvalue weighted by atomic mass is 16.5. The van der Waals surface area contributed by atoms with Crippen molar-refractivity contribution in [2.24, 2.45) is 5.92 Å². The van der Waals surface area contributed by atoms with Crippen LogP contribution >= 0.6 is 0 Å². The van der Waals surface area contributed by atoms with Crippen molar-refractivity contribution in [2.45, 2.75) is 33.2 Å². The quantitative estimate of drug-likeness (QED) is 0.884. The molecule has 0 unspecified atom stereocenters. The number of hydrogen-bond acceptors (Lipinski definition) is 3. The Bertz CT molecular complexity index is 491. The van der Waals surface area contributed by atoms with Crippen molar-refractivity contribution in [2.75, 3.05) is 6.61 Å². The first-order valence-corrected chi connectivity index (χ1v) is 6.29. The van der Waals surface area contributed by atoms with E-state index < -0.39 is 5.54 Å². The number of benzene rings is 1. The second-order valence-electron chi connectivity index (χ2n) is 5.12.